The summed E-state index contributed by atoms with van der Waals surface area (Å²) in [5.41, 5.74) is -0.0354. The Labute approximate surface area is 113 Å². The summed E-state index contributed by atoms with van der Waals surface area (Å²) in [6.45, 7) is 3.09. The van der Waals surface area contributed by atoms with Crippen molar-refractivity contribution in [2.75, 3.05) is 25.6 Å². The van der Waals surface area contributed by atoms with Crippen LogP contribution in [0.25, 0.3) is 0 Å². The first-order valence-electron chi connectivity index (χ1n) is 5.49. The first kappa shape index (κ1) is 15.1. The number of aromatic nitrogens is 1. The molecule has 0 aromatic carbocycles. The molecule has 1 aromatic rings. The number of hydrogen-bond acceptors (Lipinski definition) is 8. The maximum absolute atomic E-state index is 11.6. The van der Waals surface area contributed by atoms with Gasteiger partial charge in [-0.15, -0.1) is 0 Å². The fourth-order valence-electron chi connectivity index (χ4n) is 1.19. The minimum Gasteiger partial charge on any atom is -0.468 e. The molecule has 1 rings (SSSR count). The van der Waals surface area contributed by atoms with Gasteiger partial charge in [0.2, 0.25) is 0 Å². The zero-order valence-electron chi connectivity index (χ0n) is 10.8. The van der Waals surface area contributed by atoms with Gasteiger partial charge in [-0.3, -0.25) is 9.59 Å². The minimum absolute atomic E-state index is 0.0354. The highest BCUT2D eigenvalue weighted by molar-refractivity contribution is 7.17. The molecule has 7 nitrogen and oxygen atoms in total. The summed E-state index contributed by atoms with van der Waals surface area (Å²) in [4.78, 5) is 38.2. The van der Waals surface area contributed by atoms with E-state index in [1.807, 2.05) is 0 Å². The van der Waals surface area contributed by atoms with E-state index in [1.54, 1.807) is 6.92 Å². The lowest BCUT2D eigenvalue weighted by atomic mass is 10.3. The topological polar surface area (TPSA) is 94.6 Å². The standard InChI is InChI=1S/C11H14N2O5S/c1-4-18-10(16)8-9(6(2)14)19-11(13-8)12-5-7(15)17-3/h4-5H2,1-3H3,(H,12,13). The van der Waals surface area contributed by atoms with Gasteiger partial charge in [0.25, 0.3) is 0 Å². The average Bonchev–Trinajstić information content (AvgIpc) is 2.80. The van der Waals surface area contributed by atoms with E-state index in [1.165, 1.54) is 14.0 Å². The molecule has 1 N–H and O–H groups in total. The van der Waals surface area contributed by atoms with E-state index in [0.29, 0.717) is 5.13 Å². The summed E-state index contributed by atoms with van der Waals surface area (Å²) in [6, 6.07) is 0. The summed E-state index contributed by atoms with van der Waals surface area (Å²) in [5.74, 6) is -1.42. The molecule has 0 fully saturated rings. The Kier molecular flexibility index (Phi) is 5.43. The van der Waals surface area contributed by atoms with E-state index in [4.69, 9.17) is 4.74 Å². The van der Waals surface area contributed by atoms with Gasteiger partial charge in [-0.25, -0.2) is 9.78 Å². The normalized spacial score (nSPS) is 9.84. The summed E-state index contributed by atoms with van der Waals surface area (Å²) >= 11 is 0.994. The van der Waals surface area contributed by atoms with Crippen LogP contribution in [0, 0.1) is 0 Å². The molecule has 0 aliphatic carbocycles. The lowest BCUT2D eigenvalue weighted by Crippen LogP contribution is -2.15. The van der Waals surface area contributed by atoms with E-state index in [0.717, 1.165) is 11.3 Å². The first-order chi connectivity index (χ1) is 8.99. The summed E-state index contributed by atoms with van der Waals surface area (Å²) in [7, 11) is 1.26. The number of anilines is 1. The molecule has 0 amide bonds. The van der Waals surface area contributed by atoms with Crippen LogP contribution in [0.2, 0.25) is 0 Å². The van der Waals surface area contributed by atoms with Gasteiger partial charge < -0.3 is 14.8 Å². The van der Waals surface area contributed by atoms with Gasteiger partial charge in [-0.2, -0.15) is 0 Å². The molecular formula is C11H14N2O5S. The van der Waals surface area contributed by atoms with Crippen molar-refractivity contribution in [3.8, 4) is 0 Å². The fourth-order valence-corrected chi connectivity index (χ4v) is 2.04. The number of methoxy groups -OCH3 is 1. The number of rotatable bonds is 6. The van der Waals surface area contributed by atoms with Gasteiger partial charge in [0.1, 0.15) is 11.4 Å². The number of ketones is 1. The molecule has 0 saturated carbocycles. The van der Waals surface area contributed by atoms with Crippen LogP contribution in [0.4, 0.5) is 5.13 Å². The monoisotopic (exact) mass is 286 g/mol. The number of thiazole rings is 1. The summed E-state index contributed by atoms with van der Waals surface area (Å²) in [6.07, 6.45) is 0. The van der Waals surface area contributed by atoms with Gasteiger partial charge >= 0.3 is 11.9 Å². The van der Waals surface area contributed by atoms with Crippen LogP contribution in [0.3, 0.4) is 0 Å². The number of esters is 2. The first-order valence-corrected chi connectivity index (χ1v) is 6.30. The molecular weight excluding hydrogens is 272 g/mol. The molecule has 0 saturated heterocycles. The van der Waals surface area contributed by atoms with E-state index in [-0.39, 0.29) is 29.5 Å². The third kappa shape index (κ3) is 4.02. The van der Waals surface area contributed by atoms with Crippen LogP contribution in [0.15, 0.2) is 0 Å². The fraction of sp³-hybridized carbons (Fsp3) is 0.455. The van der Waals surface area contributed by atoms with Crippen molar-refractivity contribution in [3.63, 3.8) is 0 Å². The zero-order chi connectivity index (χ0) is 14.4. The molecule has 104 valence electrons. The molecule has 0 spiro atoms. The largest absolute Gasteiger partial charge is 0.468 e. The lowest BCUT2D eigenvalue weighted by Gasteiger charge is -2.00. The highest BCUT2D eigenvalue weighted by atomic mass is 32.1. The predicted octanol–water partition coefficient (Wildman–Crippen LogP) is 1.11. The molecule has 19 heavy (non-hydrogen) atoms. The molecule has 0 aliphatic rings. The Morgan fingerprint density at radius 3 is 2.58 bits per heavy atom. The molecule has 8 heteroatoms. The van der Waals surface area contributed by atoms with Crippen molar-refractivity contribution in [2.45, 2.75) is 13.8 Å². The summed E-state index contributed by atoms with van der Waals surface area (Å²) < 4.78 is 9.27. The number of ether oxygens (including phenoxy) is 2. The Morgan fingerprint density at radius 1 is 1.37 bits per heavy atom. The highest BCUT2D eigenvalue weighted by Gasteiger charge is 2.22. The third-order valence-electron chi connectivity index (χ3n) is 2.03. The van der Waals surface area contributed by atoms with Crippen LogP contribution in [0.1, 0.15) is 34.0 Å². The second-order valence-electron chi connectivity index (χ2n) is 3.40. The second kappa shape index (κ2) is 6.83. The van der Waals surface area contributed by atoms with E-state index in [2.05, 4.69) is 15.0 Å². The van der Waals surface area contributed by atoms with Crippen LogP contribution < -0.4 is 5.32 Å². The van der Waals surface area contributed by atoms with Crippen molar-refractivity contribution in [1.29, 1.82) is 0 Å². The number of hydrogen-bond donors (Lipinski definition) is 1. The van der Waals surface area contributed by atoms with Crippen molar-refractivity contribution >= 4 is 34.2 Å². The van der Waals surface area contributed by atoms with Crippen molar-refractivity contribution in [1.82, 2.24) is 4.98 Å². The molecule has 0 bridgehead atoms. The highest BCUT2D eigenvalue weighted by Crippen LogP contribution is 2.24. The Bertz CT molecular complexity index is 497. The molecule has 1 aromatic heterocycles. The van der Waals surface area contributed by atoms with Crippen LogP contribution in [-0.2, 0) is 14.3 Å². The van der Waals surface area contributed by atoms with Gasteiger partial charge in [0, 0.05) is 6.92 Å². The number of nitrogens with one attached hydrogen (secondary N) is 1. The van der Waals surface area contributed by atoms with Gasteiger partial charge in [-0.05, 0) is 6.92 Å². The van der Waals surface area contributed by atoms with E-state index >= 15 is 0 Å². The Balaban J connectivity index is 2.91. The van der Waals surface area contributed by atoms with E-state index < -0.39 is 11.9 Å². The maximum Gasteiger partial charge on any atom is 0.358 e. The van der Waals surface area contributed by atoms with Gasteiger partial charge in [0.05, 0.1) is 13.7 Å². The molecule has 1 heterocycles. The Morgan fingerprint density at radius 2 is 2.05 bits per heavy atom. The number of carbonyl (C=O) groups excluding carboxylic acids is 3. The zero-order valence-corrected chi connectivity index (χ0v) is 11.6. The van der Waals surface area contributed by atoms with Gasteiger partial charge in [-0.1, -0.05) is 11.3 Å². The maximum atomic E-state index is 11.6. The van der Waals surface area contributed by atoms with Crippen molar-refractivity contribution in [3.05, 3.63) is 10.6 Å². The van der Waals surface area contributed by atoms with Gasteiger partial charge in [0.15, 0.2) is 16.6 Å². The SMILES string of the molecule is CCOC(=O)c1nc(NCC(=O)OC)sc1C(C)=O. The number of Topliss-reactive ketones (excluding diaryl/α,β-unsaturated/α-hetero) is 1. The summed E-state index contributed by atoms with van der Waals surface area (Å²) in [5, 5.41) is 2.97. The molecule has 0 atom stereocenters. The molecule has 0 unspecified atom stereocenters. The molecule has 0 aliphatic heterocycles. The minimum atomic E-state index is -0.657. The average molecular weight is 286 g/mol. The Hall–Kier alpha value is -1.96. The van der Waals surface area contributed by atoms with E-state index in [9.17, 15) is 14.4 Å². The van der Waals surface area contributed by atoms with Crippen LogP contribution in [-0.4, -0.2) is 43.0 Å². The van der Waals surface area contributed by atoms with Crippen molar-refractivity contribution in [2.24, 2.45) is 0 Å². The number of nitrogens with zero attached hydrogens (tertiary/aromatic N) is 1. The van der Waals surface area contributed by atoms with Crippen LogP contribution >= 0.6 is 11.3 Å². The third-order valence-corrected chi connectivity index (χ3v) is 3.14. The second-order valence-corrected chi connectivity index (χ2v) is 4.40. The van der Waals surface area contributed by atoms with Crippen molar-refractivity contribution < 1.29 is 23.9 Å². The smallest absolute Gasteiger partial charge is 0.358 e. The quantitative estimate of drug-likeness (QED) is 0.618. The molecule has 0 radical (unpaired) electrons. The number of carbonyl (C=O) groups is 3. The predicted molar refractivity (Wildman–Crippen MR) is 68.6 cm³/mol. The lowest BCUT2D eigenvalue weighted by molar-refractivity contribution is -0.138. The van der Waals surface area contributed by atoms with Crippen LogP contribution in [0.5, 0.6) is 0 Å².